The number of aryl methyl sites for hydroxylation is 1. The fraction of sp³-hybridized carbons (Fsp3) is 0.650. The van der Waals surface area contributed by atoms with Crippen molar-refractivity contribution in [3.8, 4) is 0 Å². The van der Waals surface area contributed by atoms with Gasteiger partial charge in [0.15, 0.2) is 0 Å². The van der Waals surface area contributed by atoms with Gasteiger partial charge in [-0.15, -0.1) is 0 Å². The molecule has 0 saturated heterocycles. The topological polar surface area (TPSA) is 20.3 Å². The maximum absolute atomic E-state index is 12.9. The average Bonchev–Trinajstić information content (AvgIpc) is 2.41. The Labute approximate surface area is 150 Å². The molecule has 0 aromatic heterocycles. The zero-order valence-electron chi connectivity index (χ0n) is 15.6. The Hall–Kier alpha value is -0.830. The fourth-order valence-electron chi connectivity index (χ4n) is 2.78. The van der Waals surface area contributed by atoms with Gasteiger partial charge >= 0.3 is 0 Å². The van der Waals surface area contributed by atoms with Crippen LogP contribution in [0, 0.1) is 12.3 Å². The van der Waals surface area contributed by atoms with Crippen LogP contribution < -0.4 is 4.90 Å². The van der Waals surface area contributed by atoms with Crippen molar-refractivity contribution in [1.82, 2.24) is 0 Å². The molecule has 0 heterocycles. The highest BCUT2D eigenvalue weighted by molar-refractivity contribution is 9.10. The van der Waals surface area contributed by atoms with Gasteiger partial charge in [0.2, 0.25) is 5.91 Å². The van der Waals surface area contributed by atoms with Crippen molar-refractivity contribution in [3.05, 3.63) is 28.2 Å². The van der Waals surface area contributed by atoms with Crippen LogP contribution in [-0.2, 0) is 4.79 Å². The molecule has 0 fully saturated rings. The van der Waals surface area contributed by atoms with Gasteiger partial charge < -0.3 is 4.90 Å². The van der Waals surface area contributed by atoms with E-state index in [9.17, 15) is 4.79 Å². The van der Waals surface area contributed by atoms with Gasteiger partial charge in [-0.3, -0.25) is 4.79 Å². The van der Waals surface area contributed by atoms with Crippen LogP contribution in [-0.4, -0.2) is 11.9 Å². The highest BCUT2D eigenvalue weighted by Crippen LogP contribution is 2.29. The van der Waals surface area contributed by atoms with Crippen LogP contribution >= 0.6 is 15.9 Å². The summed E-state index contributed by atoms with van der Waals surface area (Å²) < 4.78 is 1.09. The van der Waals surface area contributed by atoms with Gasteiger partial charge in [0.25, 0.3) is 0 Å². The number of carbonyl (C=O) groups excluding carboxylic acids is 1. The summed E-state index contributed by atoms with van der Waals surface area (Å²) in [4.78, 5) is 15.0. The van der Waals surface area contributed by atoms with E-state index < -0.39 is 0 Å². The standard InChI is InChI=1S/C20H32BrNO/c1-7-8-9-10-16(3)22(19(23)14-20(4,5)6)17-11-12-18(21)15(2)13-17/h11-13,16H,7-10,14H2,1-6H3. The monoisotopic (exact) mass is 381 g/mol. The van der Waals surface area contributed by atoms with Gasteiger partial charge in [-0.2, -0.15) is 0 Å². The summed E-state index contributed by atoms with van der Waals surface area (Å²) in [7, 11) is 0. The predicted molar refractivity (Wildman–Crippen MR) is 104 cm³/mol. The molecule has 0 bridgehead atoms. The van der Waals surface area contributed by atoms with Gasteiger partial charge in [0.1, 0.15) is 0 Å². The Bertz CT molecular complexity index is 519. The van der Waals surface area contributed by atoms with Crippen LogP contribution in [0.3, 0.4) is 0 Å². The van der Waals surface area contributed by atoms with Crippen molar-refractivity contribution in [3.63, 3.8) is 0 Å². The number of rotatable bonds is 7. The molecule has 1 amide bonds. The van der Waals surface area contributed by atoms with Crippen molar-refractivity contribution in [2.24, 2.45) is 5.41 Å². The Balaban J connectivity index is 3.04. The summed E-state index contributed by atoms with van der Waals surface area (Å²) in [6.45, 7) is 12.8. The van der Waals surface area contributed by atoms with Crippen LogP contribution in [0.25, 0.3) is 0 Å². The molecule has 1 aromatic carbocycles. The Morgan fingerprint density at radius 3 is 2.43 bits per heavy atom. The molecule has 2 nitrogen and oxygen atoms in total. The van der Waals surface area contributed by atoms with E-state index in [1.165, 1.54) is 19.3 Å². The molecule has 0 aliphatic carbocycles. The summed E-state index contributed by atoms with van der Waals surface area (Å²) >= 11 is 3.55. The first kappa shape index (κ1) is 20.2. The molecule has 0 radical (unpaired) electrons. The lowest BCUT2D eigenvalue weighted by molar-refractivity contribution is -0.120. The number of unbranched alkanes of at least 4 members (excludes halogenated alkanes) is 2. The highest BCUT2D eigenvalue weighted by atomic mass is 79.9. The molecule has 0 aliphatic rings. The molecule has 0 spiro atoms. The molecule has 0 aliphatic heterocycles. The van der Waals surface area contributed by atoms with Crippen LogP contribution in [0.2, 0.25) is 0 Å². The minimum absolute atomic E-state index is 0.00286. The molecule has 1 unspecified atom stereocenters. The normalized spacial score (nSPS) is 13.0. The van der Waals surface area contributed by atoms with Crippen molar-refractivity contribution in [2.45, 2.75) is 79.7 Å². The van der Waals surface area contributed by atoms with Crippen LogP contribution in [0.1, 0.15) is 72.3 Å². The number of amides is 1. The van der Waals surface area contributed by atoms with Gasteiger partial charge in [-0.25, -0.2) is 0 Å². The van der Waals surface area contributed by atoms with Crippen molar-refractivity contribution < 1.29 is 4.79 Å². The lowest BCUT2D eigenvalue weighted by Gasteiger charge is -2.32. The Morgan fingerprint density at radius 1 is 1.26 bits per heavy atom. The third kappa shape index (κ3) is 6.66. The second kappa shape index (κ2) is 8.86. The van der Waals surface area contributed by atoms with E-state index in [1.807, 2.05) is 17.0 Å². The number of nitrogens with zero attached hydrogens (tertiary/aromatic N) is 1. The fourth-order valence-corrected chi connectivity index (χ4v) is 3.03. The Kier molecular flexibility index (Phi) is 7.79. The number of benzene rings is 1. The second-order valence-electron chi connectivity index (χ2n) is 7.78. The first-order valence-corrected chi connectivity index (χ1v) is 9.53. The number of anilines is 1. The maximum atomic E-state index is 12.9. The van der Waals surface area contributed by atoms with E-state index in [4.69, 9.17) is 0 Å². The van der Waals surface area contributed by atoms with E-state index in [2.05, 4.69) is 63.5 Å². The van der Waals surface area contributed by atoms with Gasteiger partial charge in [0, 0.05) is 22.6 Å². The average molecular weight is 382 g/mol. The quantitative estimate of drug-likeness (QED) is 0.493. The smallest absolute Gasteiger partial charge is 0.227 e. The zero-order chi connectivity index (χ0) is 17.6. The summed E-state index contributed by atoms with van der Waals surface area (Å²) in [5, 5.41) is 0. The van der Waals surface area contributed by atoms with Gasteiger partial charge in [-0.05, 0) is 49.4 Å². The minimum Gasteiger partial charge on any atom is -0.310 e. The van der Waals surface area contributed by atoms with Crippen molar-refractivity contribution in [2.75, 3.05) is 4.90 Å². The number of carbonyl (C=O) groups is 1. The lowest BCUT2D eigenvalue weighted by Crippen LogP contribution is -2.40. The molecule has 3 heteroatoms. The third-order valence-electron chi connectivity index (χ3n) is 4.04. The zero-order valence-corrected chi connectivity index (χ0v) is 17.2. The summed E-state index contributed by atoms with van der Waals surface area (Å²) in [5.74, 6) is 0.225. The maximum Gasteiger partial charge on any atom is 0.227 e. The minimum atomic E-state index is 0.00286. The van der Waals surface area contributed by atoms with Gasteiger partial charge in [0.05, 0.1) is 0 Å². The Morgan fingerprint density at radius 2 is 1.91 bits per heavy atom. The largest absolute Gasteiger partial charge is 0.310 e. The molecule has 1 aromatic rings. The summed E-state index contributed by atoms with van der Waals surface area (Å²) in [6.07, 6.45) is 5.23. The van der Waals surface area contributed by atoms with E-state index in [0.717, 1.165) is 22.1 Å². The van der Waals surface area contributed by atoms with E-state index >= 15 is 0 Å². The van der Waals surface area contributed by atoms with Crippen LogP contribution in [0.15, 0.2) is 22.7 Å². The molecule has 0 N–H and O–H groups in total. The molecule has 130 valence electrons. The second-order valence-corrected chi connectivity index (χ2v) is 8.63. The molecular formula is C20H32BrNO. The van der Waals surface area contributed by atoms with Crippen LogP contribution in [0.5, 0.6) is 0 Å². The number of hydrogen-bond donors (Lipinski definition) is 0. The van der Waals surface area contributed by atoms with Crippen LogP contribution in [0.4, 0.5) is 5.69 Å². The molecule has 1 rings (SSSR count). The molecular weight excluding hydrogens is 350 g/mol. The summed E-state index contributed by atoms with van der Waals surface area (Å²) in [6, 6.07) is 6.44. The van der Waals surface area contributed by atoms with Crippen molar-refractivity contribution >= 4 is 27.5 Å². The van der Waals surface area contributed by atoms with E-state index in [-0.39, 0.29) is 17.4 Å². The molecule has 0 saturated carbocycles. The highest BCUT2D eigenvalue weighted by Gasteiger charge is 2.26. The summed E-state index contributed by atoms with van der Waals surface area (Å²) in [5.41, 5.74) is 2.18. The number of halogens is 1. The SMILES string of the molecule is CCCCCC(C)N(C(=O)CC(C)(C)C)c1ccc(Br)c(C)c1. The third-order valence-corrected chi connectivity index (χ3v) is 4.93. The van der Waals surface area contributed by atoms with Crippen molar-refractivity contribution in [1.29, 1.82) is 0 Å². The first-order valence-electron chi connectivity index (χ1n) is 8.74. The lowest BCUT2D eigenvalue weighted by atomic mass is 9.91. The van der Waals surface area contributed by atoms with E-state index in [0.29, 0.717) is 6.42 Å². The molecule has 23 heavy (non-hydrogen) atoms. The number of hydrogen-bond acceptors (Lipinski definition) is 1. The predicted octanol–water partition coefficient (Wildman–Crippen LogP) is 6.50. The van der Waals surface area contributed by atoms with E-state index in [1.54, 1.807) is 0 Å². The van der Waals surface area contributed by atoms with Gasteiger partial charge in [-0.1, -0.05) is 62.9 Å². The molecule has 1 atom stereocenters. The first-order chi connectivity index (χ1) is 10.7.